The SMILES string of the molecule is C=C/C(=C\C)c1ccc(CCC=O)cc1. The molecule has 1 rings (SSSR count). The predicted molar refractivity (Wildman–Crippen MR) is 64.7 cm³/mol. The van der Waals surface area contributed by atoms with Crippen LogP contribution in [-0.4, -0.2) is 6.29 Å². The third kappa shape index (κ3) is 3.21. The number of carbonyl (C=O) groups excluding carboxylic acids is 1. The van der Waals surface area contributed by atoms with E-state index in [1.54, 1.807) is 0 Å². The highest BCUT2D eigenvalue weighted by molar-refractivity contribution is 5.73. The summed E-state index contributed by atoms with van der Waals surface area (Å²) in [6.07, 6.45) is 6.25. The largest absolute Gasteiger partial charge is 0.303 e. The van der Waals surface area contributed by atoms with Crippen molar-refractivity contribution in [3.05, 3.63) is 54.1 Å². The van der Waals surface area contributed by atoms with E-state index in [0.717, 1.165) is 18.3 Å². The lowest BCUT2D eigenvalue weighted by atomic mass is 10.0. The lowest BCUT2D eigenvalue weighted by molar-refractivity contribution is -0.107. The molecule has 0 spiro atoms. The summed E-state index contributed by atoms with van der Waals surface area (Å²) >= 11 is 0. The van der Waals surface area contributed by atoms with Crippen LogP contribution in [0.5, 0.6) is 0 Å². The standard InChI is InChI=1S/C14H16O/c1-3-13(4-2)14-9-7-12(8-10-14)6-5-11-15/h3-4,7-11H,1,5-6H2,2H3/b13-4+. The highest BCUT2D eigenvalue weighted by Gasteiger charge is 1.96. The van der Waals surface area contributed by atoms with E-state index in [0.29, 0.717) is 6.42 Å². The fraction of sp³-hybridized carbons (Fsp3) is 0.214. The van der Waals surface area contributed by atoms with E-state index in [1.807, 2.05) is 19.1 Å². The summed E-state index contributed by atoms with van der Waals surface area (Å²) in [6.45, 7) is 5.76. The molecule has 0 radical (unpaired) electrons. The average molecular weight is 200 g/mol. The highest BCUT2D eigenvalue weighted by atomic mass is 16.1. The van der Waals surface area contributed by atoms with Crippen molar-refractivity contribution in [2.75, 3.05) is 0 Å². The van der Waals surface area contributed by atoms with Crippen LogP contribution in [0.25, 0.3) is 5.57 Å². The molecule has 0 saturated carbocycles. The zero-order chi connectivity index (χ0) is 11.1. The first kappa shape index (κ1) is 11.4. The van der Waals surface area contributed by atoms with E-state index in [1.165, 1.54) is 11.1 Å². The second kappa shape index (κ2) is 5.97. The van der Waals surface area contributed by atoms with Gasteiger partial charge in [-0.1, -0.05) is 43.0 Å². The third-order valence-electron chi connectivity index (χ3n) is 2.37. The molecular formula is C14H16O. The molecule has 1 nitrogen and oxygen atoms in total. The van der Waals surface area contributed by atoms with Crippen LogP contribution >= 0.6 is 0 Å². The van der Waals surface area contributed by atoms with Crippen molar-refractivity contribution in [3.63, 3.8) is 0 Å². The van der Waals surface area contributed by atoms with Crippen molar-refractivity contribution >= 4 is 11.9 Å². The Kier molecular flexibility index (Phi) is 4.55. The summed E-state index contributed by atoms with van der Waals surface area (Å²) in [4.78, 5) is 10.2. The molecule has 0 atom stereocenters. The molecule has 0 aromatic heterocycles. The number of aldehydes is 1. The fourth-order valence-electron chi connectivity index (χ4n) is 1.49. The molecule has 0 heterocycles. The fourth-order valence-corrected chi connectivity index (χ4v) is 1.49. The topological polar surface area (TPSA) is 17.1 Å². The molecule has 0 aliphatic heterocycles. The average Bonchev–Trinajstić information content (AvgIpc) is 2.29. The van der Waals surface area contributed by atoms with Crippen LogP contribution in [0.1, 0.15) is 24.5 Å². The number of rotatable bonds is 5. The van der Waals surface area contributed by atoms with Crippen LogP contribution in [0.4, 0.5) is 0 Å². The van der Waals surface area contributed by atoms with Gasteiger partial charge >= 0.3 is 0 Å². The molecular weight excluding hydrogens is 184 g/mol. The van der Waals surface area contributed by atoms with E-state index in [-0.39, 0.29) is 0 Å². The van der Waals surface area contributed by atoms with Crippen molar-refractivity contribution in [3.8, 4) is 0 Å². The van der Waals surface area contributed by atoms with Crippen molar-refractivity contribution in [2.45, 2.75) is 19.8 Å². The van der Waals surface area contributed by atoms with E-state index >= 15 is 0 Å². The van der Waals surface area contributed by atoms with Gasteiger partial charge in [0.2, 0.25) is 0 Å². The second-order valence-corrected chi connectivity index (χ2v) is 3.35. The summed E-state index contributed by atoms with van der Waals surface area (Å²) in [6, 6.07) is 8.26. The zero-order valence-electron chi connectivity index (χ0n) is 9.07. The maximum atomic E-state index is 10.2. The molecule has 0 amide bonds. The van der Waals surface area contributed by atoms with Crippen LogP contribution < -0.4 is 0 Å². The van der Waals surface area contributed by atoms with Gasteiger partial charge < -0.3 is 4.79 Å². The van der Waals surface area contributed by atoms with Gasteiger partial charge in [-0.15, -0.1) is 0 Å². The summed E-state index contributed by atoms with van der Waals surface area (Å²) in [5, 5.41) is 0. The normalized spacial score (nSPS) is 11.1. The van der Waals surface area contributed by atoms with Crippen LogP contribution in [-0.2, 0) is 11.2 Å². The summed E-state index contributed by atoms with van der Waals surface area (Å²) in [5.74, 6) is 0. The van der Waals surface area contributed by atoms with Crippen LogP contribution in [0, 0.1) is 0 Å². The molecule has 0 N–H and O–H groups in total. The second-order valence-electron chi connectivity index (χ2n) is 3.35. The molecule has 0 aliphatic rings. The van der Waals surface area contributed by atoms with Gasteiger partial charge in [0.15, 0.2) is 0 Å². The molecule has 0 unspecified atom stereocenters. The summed E-state index contributed by atoms with van der Waals surface area (Å²) in [5.41, 5.74) is 3.50. The molecule has 78 valence electrons. The minimum atomic E-state index is 0.595. The minimum Gasteiger partial charge on any atom is -0.303 e. The van der Waals surface area contributed by atoms with Crippen LogP contribution in [0.15, 0.2) is 43.0 Å². The summed E-state index contributed by atoms with van der Waals surface area (Å²) in [7, 11) is 0. The number of hydrogen-bond donors (Lipinski definition) is 0. The quantitative estimate of drug-likeness (QED) is 0.526. The maximum absolute atomic E-state index is 10.2. The first-order valence-corrected chi connectivity index (χ1v) is 5.13. The minimum absolute atomic E-state index is 0.595. The number of allylic oxidation sites excluding steroid dienone is 3. The Hall–Kier alpha value is -1.63. The number of aryl methyl sites for hydroxylation is 1. The predicted octanol–water partition coefficient (Wildman–Crippen LogP) is 3.41. The van der Waals surface area contributed by atoms with Gasteiger partial charge in [-0.05, 0) is 30.0 Å². The van der Waals surface area contributed by atoms with Gasteiger partial charge in [-0.3, -0.25) is 0 Å². The monoisotopic (exact) mass is 200 g/mol. The van der Waals surface area contributed by atoms with Crippen molar-refractivity contribution in [1.29, 1.82) is 0 Å². The van der Waals surface area contributed by atoms with Crippen molar-refractivity contribution in [2.24, 2.45) is 0 Å². The van der Waals surface area contributed by atoms with E-state index in [4.69, 9.17) is 0 Å². The van der Waals surface area contributed by atoms with E-state index in [2.05, 4.69) is 30.8 Å². The van der Waals surface area contributed by atoms with Gasteiger partial charge in [0.25, 0.3) is 0 Å². The molecule has 0 aliphatic carbocycles. The van der Waals surface area contributed by atoms with E-state index < -0.39 is 0 Å². The Morgan fingerprint density at radius 3 is 2.47 bits per heavy atom. The lowest BCUT2D eigenvalue weighted by Gasteiger charge is -2.03. The third-order valence-corrected chi connectivity index (χ3v) is 2.37. The number of hydrogen-bond acceptors (Lipinski definition) is 1. The Labute approximate surface area is 91.1 Å². The van der Waals surface area contributed by atoms with Gasteiger partial charge in [0.05, 0.1) is 0 Å². The molecule has 1 aromatic rings. The Morgan fingerprint density at radius 1 is 1.33 bits per heavy atom. The molecule has 0 bridgehead atoms. The Morgan fingerprint density at radius 2 is 2.00 bits per heavy atom. The van der Waals surface area contributed by atoms with Crippen molar-refractivity contribution < 1.29 is 4.79 Å². The van der Waals surface area contributed by atoms with Gasteiger partial charge in [0.1, 0.15) is 6.29 Å². The maximum Gasteiger partial charge on any atom is 0.120 e. The van der Waals surface area contributed by atoms with Gasteiger partial charge in [0, 0.05) is 6.42 Å². The number of benzene rings is 1. The molecule has 1 aromatic carbocycles. The van der Waals surface area contributed by atoms with Crippen molar-refractivity contribution in [1.82, 2.24) is 0 Å². The molecule has 15 heavy (non-hydrogen) atoms. The zero-order valence-corrected chi connectivity index (χ0v) is 9.07. The molecule has 1 heteroatoms. The smallest absolute Gasteiger partial charge is 0.120 e. The first-order valence-electron chi connectivity index (χ1n) is 5.13. The number of carbonyl (C=O) groups is 1. The van der Waals surface area contributed by atoms with Gasteiger partial charge in [-0.25, -0.2) is 0 Å². The van der Waals surface area contributed by atoms with Gasteiger partial charge in [-0.2, -0.15) is 0 Å². The highest BCUT2D eigenvalue weighted by Crippen LogP contribution is 2.16. The molecule has 0 saturated heterocycles. The van der Waals surface area contributed by atoms with E-state index in [9.17, 15) is 4.79 Å². The van der Waals surface area contributed by atoms with Crippen LogP contribution in [0.2, 0.25) is 0 Å². The Balaban J connectivity index is 2.80. The summed E-state index contributed by atoms with van der Waals surface area (Å²) < 4.78 is 0. The molecule has 0 fully saturated rings. The first-order chi connectivity index (χ1) is 7.31. The van der Waals surface area contributed by atoms with Crippen LogP contribution in [0.3, 0.4) is 0 Å². The lowest BCUT2D eigenvalue weighted by Crippen LogP contribution is -1.87. The Bertz CT molecular complexity index is 357.